The maximum absolute atomic E-state index is 11.6. The van der Waals surface area contributed by atoms with Gasteiger partial charge in [0.05, 0.1) is 0 Å². The van der Waals surface area contributed by atoms with Gasteiger partial charge < -0.3 is 19.6 Å². The lowest BCUT2D eigenvalue weighted by atomic mass is 10.2. The lowest BCUT2D eigenvalue weighted by Gasteiger charge is -2.30. The molecule has 0 aromatic carbocycles. The molecule has 0 N–H and O–H groups in total. The molecule has 0 atom stereocenters. The van der Waals surface area contributed by atoms with Gasteiger partial charge in [-0.05, 0) is 55.4 Å². The van der Waals surface area contributed by atoms with Gasteiger partial charge >= 0.3 is 6.03 Å². The summed E-state index contributed by atoms with van der Waals surface area (Å²) in [5, 5.41) is 0. The van der Waals surface area contributed by atoms with E-state index in [9.17, 15) is 14.4 Å². The van der Waals surface area contributed by atoms with Crippen molar-refractivity contribution in [1.29, 1.82) is 0 Å². The molecule has 4 amide bonds. The minimum atomic E-state index is 0.0833. The first-order valence-corrected chi connectivity index (χ1v) is 11.8. The Balaban J connectivity index is -0.000000397. The van der Waals surface area contributed by atoms with E-state index in [0.717, 1.165) is 0 Å². The summed E-state index contributed by atoms with van der Waals surface area (Å²) in [5.41, 5.74) is 0. The summed E-state index contributed by atoms with van der Waals surface area (Å²) in [5.74, 6) is 0.671. The molecule has 0 fully saturated rings. The van der Waals surface area contributed by atoms with Gasteiger partial charge in [0.1, 0.15) is 0 Å². The molecule has 0 heterocycles. The molecule has 0 aromatic rings. The molecular weight excluding hydrogens is 404 g/mol. The van der Waals surface area contributed by atoms with E-state index in [2.05, 4.69) is 0 Å². The van der Waals surface area contributed by atoms with Gasteiger partial charge in [-0.2, -0.15) is 0 Å². The zero-order valence-corrected chi connectivity index (χ0v) is 24.0. The van der Waals surface area contributed by atoms with E-state index in [0.29, 0.717) is 12.1 Å². The Labute approximate surface area is 199 Å². The Hall–Kier alpha value is -1.79. The molecule has 0 bridgehead atoms. The number of hydrogen-bond donors (Lipinski definition) is 0. The summed E-state index contributed by atoms with van der Waals surface area (Å²) in [6, 6.07) is 1.24. The summed E-state index contributed by atoms with van der Waals surface area (Å²) in [7, 11) is 7.33. The second-order valence-corrected chi connectivity index (χ2v) is 10.1. The Morgan fingerprint density at radius 2 is 0.594 bits per heavy atom. The summed E-state index contributed by atoms with van der Waals surface area (Å²) in [4.78, 5) is 41.0. The van der Waals surface area contributed by atoms with E-state index in [1.54, 1.807) is 19.6 Å². The molecule has 0 saturated carbocycles. The number of hydrogen-bond acceptors (Lipinski definition) is 3. The van der Waals surface area contributed by atoms with Crippen LogP contribution in [0.4, 0.5) is 4.79 Å². The van der Waals surface area contributed by atoms with Gasteiger partial charge in [-0.15, -0.1) is 0 Å². The van der Waals surface area contributed by atoms with Gasteiger partial charge in [0.25, 0.3) is 0 Å². The fourth-order valence-corrected chi connectivity index (χ4v) is 2.01. The predicted octanol–water partition coefficient (Wildman–Crippen LogP) is 4.81. The molecular formula is C25H54N4O3. The van der Waals surface area contributed by atoms with Crippen LogP contribution in [0.25, 0.3) is 0 Å². The fourth-order valence-electron chi connectivity index (χ4n) is 2.01. The zero-order valence-electron chi connectivity index (χ0n) is 24.0. The van der Waals surface area contributed by atoms with E-state index in [1.807, 2.05) is 111 Å². The third-order valence-electron chi connectivity index (χ3n) is 5.38. The van der Waals surface area contributed by atoms with E-state index in [4.69, 9.17) is 0 Å². The molecule has 0 aliphatic carbocycles. The first kappa shape index (κ1) is 34.8. The van der Waals surface area contributed by atoms with E-state index in [1.165, 1.54) is 0 Å². The highest BCUT2D eigenvalue weighted by Crippen LogP contribution is 2.04. The summed E-state index contributed by atoms with van der Waals surface area (Å²) < 4.78 is 0. The van der Waals surface area contributed by atoms with Gasteiger partial charge in [-0.3, -0.25) is 9.59 Å². The van der Waals surface area contributed by atoms with Gasteiger partial charge in [-0.25, -0.2) is 4.79 Å². The number of carbonyl (C=O) groups excluding carboxylic acids is 3. The number of carbonyl (C=O) groups is 3. The van der Waals surface area contributed by atoms with E-state index < -0.39 is 0 Å². The number of amides is 4. The minimum Gasteiger partial charge on any atom is -0.343 e. The van der Waals surface area contributed by atoms with Crippen LogP contribution in [0, 0.1) is 11.8 Å². The highest BCUT2D eigenvalue weighted by Gasteiger charge is 2.18. The monoisotopic (exact) mass is 458 g/mol. The number of nitrogens with zero attached hydrogens (tertiary/aromatic N) is 4. The molecule has 0 rings (SSSR count). The third kappa shape index (κ3) is 14.3. The highest BCUT2D eigenvalue weighted by atomic mass is 16.2. The highest BCUT2D eigenvalue weighted by molar-refractivity contribution is 5.78. The van der Waals surface area contributed by atoms with Crippen molar-refractivity contribution in [3.63, 3.8) is 0 Å². The molecule has 192 valence electrons. The van der Waals surface area contributed by atoms with Crippen molar-refractivity contribution < 1.29 is 14.4 Å². The number of urea groups is 1. The first-order chi connectivity index (χ1) is 14.3. The summed E-state index contributed by atoms with van der Waals surface area (Å²) in [6.45, 7) is 23.8. The normalized spacial score (nSPS) is 10.7. The second kappa shape index (κ2) is 16.8. The molecule has 7 heteroatoms. The third-order valence-corrected chi connectivity index (χ3v) is 5.38. The minimum absolute atomic E-state index is 0.0833. The topological polar surface area (TPSA) is 64.2 Å². The second-order valence-electron chi connectivity index (χ2n) is 10.1. The summed E-state index contributed by atoms with van der Waals surface area (Å²) in [6.07, 6.45) is 0. The van der Waals surface area contributed by atoms with Crippen molar-refractivity contribution in [2.24, 2.45) is 11.8 Å². The van der Waals surface area contributed by atoms with Crippen LogP contribution in [0.2, 0.25) is 0 Å². The predicted molar refractivity (Wildman–Crippen MR) is 137 cm³/mol. The Kier molecular flexibility index (Phi) is 18.3. The molecule has 0 aromatic heterocycles. The maximum atomic E-state index is 11.6. The van der Waals surface area contributed by atoms with Gasteiger partial charge in [0.2, 0.25) is 11.8 Å². The van der Waals surface area contributed by atoms with Crippen LogP contribution in [-0.4, -0.2) is 89.8 Å². The SMILES string of the molecule is CC(C)C(=O)N(C)C(C)C.CC(C)C(=O)N(C)C(C)C.CC(C)N(C)C(=O)N(C)C(C)C. The van der Waals surface area contributed by atoms with Crippen LogP contribution in [0.5, 0.6) is 0 Å². The molecule has 0 saturated heterocycles. The Bertz CT molecular complexity index is 497. The quantitative estimate of drug-likeness (QED) is 0.574. The molecule has 7 nitrogen and oxygen atoms in total. The van der Waals surface area contributed by atoms with Crippen molar-refractivity contribution in [1.82, 2.24) is 19.6 Å². The average Bonchev–Trinajstić information content (AvgIpc) is 2.69. The van der Waals surface area contributed by atoms with Crippen LogP contribution < -0.4 is 0 Å². The summed E-state index contributed by atoms with van der Waals surface area (Å²) >= 11 is 0. The van der Waals surface area contributed by atoms with Crippen molar-refractivity contribution in [3.8, 4) is 0 Å². The van der Waals surface area contributed by atoms with Crippen molar-refractivity contribution in [3.05, 3.63) is 0 Å². The van der Waals surface area contributed by atoms with Crippen LogP contribution in [0.1, 0.15) is 83.1 Å². The van der Waals surface area contributed by atoms with Gasteiger partial charge in [0, 0.05) is 64.2 Å². The van der Waals surface area contributed by atoms with Crippen molar-refractivity contribution in [2.45, 2.75) is 107 Å². The molecule has 32 heavy (non-hydrogen) atoms. The number of rotatable bonds is 6. The standard InChI is InChI=1S/C9H20N2O.2C8H17NO/c1-7(2)10(5)9(12)11(6)8(3)4;2*1-6(2)8(10)9(5)7(3)4/h7-8H,1-6H3;2*6-7H,1-5H3. The van der Waals surface area contributed by atoms with Crippen LogP contribution in [0.3, 0.4) is 0 Å². The molecule has 0 aliphatic heterocycles. The maximum Gasteiger partial charge on any atom is 0.319 e. The van der Waals surface area contributed by atoms with Crippen molar-refractivity contribution in [2.75, 3.05) is 28.2 Å². The van der Waals surface area contributed by atoms with Crippen molar-refractivity contribution >= 4 is 17.8 Å². The lowest BCUT2D eigenvalue weighted by molar-refractivity contribution is -0.135. The van der Waals surface area contributed by atoms with E-state index in [-0.39, 0.29) is 41.8 Å². The molecule has 0 unspecified atom stereocenters. The fraction of sp³-hybridized carbons (Fsp3) is 0.880. The van der Waals surface area contributed by atoms with Crippen LogP contribution >= 0.6 is 0 Å². The van der Waals surface area contributed by atoms with Gasteiger partial charge in [0.15, 0.2) is 0 Å². The molecule has 0 spiro atoms. The zero-order chi connectivity index (χ0) is 26.5. The van der Waals surface area contributed by atoms with E-state index >= 15 is 0 Å². The molecule has 0 radical (unpaired) electrons. The average molecular weight is 459 g/mol. The largest absolute Gasteiger partial charge is 0.343 e. The first-order valence-electron chi connectivity index (χ1n) is 11.8. The van der Waals surface area contributed by atoms with Crippen LogP contribution in [-0.2, 0) is 9.59 Å². The molecule has 0 aliphatic rings. The Morgan fingerprint density at radius 3 is 0.688 bits per heavy atom. The Morgan fingerprint density at radius 1 is 0.406 bits per heavy atom. The smallest absolute Gasteiger partial charge is 0.319 e. The lowest BCUT2D eigenvalue weighted by Crippen LogP contribution is -2.45. The van der Waals surface area contributed by atoms with Crippen LogP contribution in [0.15, 0.2) is 0 Å². The van der Waals surface area contributed by atoms with Gasteiger partial charge in [-0.1, -0.05) is 27.7 Å².